The van der Waals surface area contributed by atoms with Gasteiger partial charge in [-0.05, 0) is 25.6 Å². The van der Waals surface area contributed by atoms with E-state index in [0.717, 1.165) is 12.0 Å². The van der Waals surface area contributed by atoms with Crippen molar-refractivity contribution in [3.05, 3.63) is 0 Å². The summed E-state index contributed by atoms with van der Waals surface area (Å²) in [5, 5.41) is 3.32. The van der Waals surface area contributed by atoms with Gasteiger partial charge in [0.25, 0.3) is 0 Å². The predicted octanol–water partition coefficient (Wildman–Crippen LogP) is 1.28. The van der Waals surface area contributed by atoms with Gasteiger partial charge < -0.3 is 10.2 Å². The normalized spacial score (nSPS) is 20.3. The van der Waals surface area contributed by atoms with Gasteiger partial charge in [0.2, 0.25) is 0 Å². The molecule has 1 atom stereocenters. The Hall–Kier alpha value is 0.270. The first-order valence-corrected chi connectivity index (χ1v) is 6.57. The van der Waals surface area contributed by atoms with Crippen LogP contribution in [0.2, 0.25) is 0 Å². The number of hydrogen-bond donors (Lipinski definition) is 1. The van der Waals surface area contributed by atoms with E-state index in [2.05, 4.69) is 30.4 Å². The molecule has 0 aromatic rings. The maximum Gasteiger partial charge on any atom is 0.0180 e. The summed E-state index contributed by atoms with van der Waals surface area (Å²) in [6.07, 6.45) is 3.47. The van der Waals surface area contributed by atoms with E-state index in [1.807, 2.05) is 11.8 Å². The molecule has 1 rings (SSSR count). The molecule has 0 aliphatic carbocycles. The summed E-state index contributed by atoms with van der Waals surface area (Å²) in [7, 11) is 2.27. The second kappa shape index (κ2) is 5.89. The molecule has 0 amide bonds. The minimum atomic E-state index is 0.774. The van der Waals surface area contributed by atoms with Gasteiger partial charge in [-0.3, -0.25) is 0 Å². The maximum absolute atomic E-state index is 3.32. The third-order valence-corrected chi connectivity index (χ3v) is 3.58. The summed E-state index contributed by atoms with van der Waals surface area (Å²) in [6, 6.07) is 0.774. The van der Waals surface area contributed by atoms with Crippen LogP contribution in [-0.2, 0) is 0 Å². The van der Waals surface area contributed by atoms with Crippen LogP contribution in [0, 0.1) is 5.92 Å². The highest BCUT2D eigenvalue weighted by Crippen LogP contribution is 2.12. The summed E-state index contributed by atoms with van der Waals surface area (Å²) < 4.78 is 0. The first-order chi connectivity index (χ1) is 6.27. The standard InChI is InChI=1S/C10H22N2S/c1-4-10(8-13-3)12(2)7-9-5-11-6-9/h9-11H,4-8H2,1-3H3. The molecule has 0 aromatic heterocycles. The van der Waals surface area contributed by atoms with Crippen molar-refractivity contribution in [2.24, 2.45) is 5.92 Å². The Kier molecular flexibility index (Phi) is 5.14. The first kappa shape index (κ1) is 11.3. The first-order valence-electron chi connectivity index (χ1n) is 5.17. The highest BCUT2D eigenvalue weighted by molar-refractivity contribution is 7.98. The molecular weight excluding hydrogens is 180 g/mol. The van der Waals surface area contributed by atoms with Gasteiger partial charge in [-0.2, -0.15) is 11.8 Å². The molecular formula is C10H22N2S. The topological polar surface area (TPSA) is 15.3 Å². The zero-order valence-electron chi connectivity index (χ0n) is 9.05. The van der Waals surface area contributed by atoms with Gasteiger partial charge in [0, 0.05) is 31.4 Å². The molecule has 78 valence electrons. The lowest BCUT2D eigenvalue weighted by Gasteiger charge is -2.35. The average Bonchev–Trinajstić information content (AvgIpc) is 2.07. The smallest absolute Gasteiger partial charge is 0.0180 e. The fourth-order valence-electron chi connectivity index (χ4n) is 1.78. The minimum Gasteiger partial charge on any atom is -0.316 e. The van der Waals surface area contributed by atoms with Gasteiger partial charge in [-0.1, -0.05) is 6.92 Å². The molecule has 1 aliphatic rings. The predicted molar refractivity (Wildman–Crippen MR) is 61.5 cm³/mol. The maximum atomic E-state index is 3.32. The number of nitrogens with one attached hydrogen (secondary N) is 1. The number of hydrogen-bond acceptors (Lipinski definition) is 3. The zero-order valence-corrected chi connectivity index (χ0v) is 9.86. The average molecular weight is 202 g/mol. The molecule has 1 unspecified atom stereocenters. The monoisotopic (exact) mass is 202 g/mol. The van der Waals surface area contributed by atoms with Crippen LogP contribution in [-0.4, -0.2) is 49.6 Å². The van der Waals surface area contributed by atoms with E-state index in [1.165, 1.54) is 31.8 Å². The Morgan fingerprint density at radius 2 is 2.23 bits per heavy atom. The highest BCUT2D eigenvalue weighted by Gasteiger charge is 2.21. The van der Waals surface area contributed by atoms with Crippen LogP contribution >= 0.6 is 11.8 Å². The molecule has 1 N–H and O–H groups in total. The molecule has 0 radical (unpaired) electrons. The fourth-order valence-corrected chi connectivity index (χ4v) is 2.66. The Labute approximate surface area is 86.5 Å². The van der Waals surface area contributed by atoms with E-state index in [1.54, 1.807) is 0 Å². The third kappa shape index (κ3) is 3.49. The number of thioether (sulfide) groups is 1. The van der Waals surface area contributed by atoms with E-state index >= 15 is 0 Å². The molecule has 1 heterocycles. The molecule has 1 aliphatic heterocycles. The summed E-state index contributed by atoms with van der Waals surface area (Å²) >= 11 is 1.96. The van der Waals surface area contributed by atoms with Crippen LogP contribution in [0.25, 0.3) is 0 Å². The molecule has 0 saturated carbocycles. The Balaban J connectivity index is 2.20. The van der Waals surface area contributed by atoms with Crippen molar-refractivity contribution in [3.63, 3.8) is 0 Å². The van der Waals surface area contributed by atoms with Crippen LogP contribution in [0.15, 0.2) is 0 Å². The largest absolute Gasteiger partial charge is 0.316 e. The molecule has 13 heavy (non-hydrogen) atoms. The van der Waals surface area contributed by atoms with Crippen LogP contribution in [0.4, 0.5) is 0 Å². The summed E-state index contributed by atoms with van der Waals surface area (Å²) in [5.41, 5.74) is 0. The van der Waals surface area contributed by atoms with E-state index in [0.29, 0.717) is 0 Å². The van der Waals surface area contributed by atoms with Crippen molar-refractivity contribution in [1.82, 2.24) is 10.2 Å². The lowest BCUT2D eigenvalue weighted by atomic mass is 10.0. The molecule has 3 heteroatoms. The van der Waals surface area contributed by atoms with Crippen molar-refractivity contribution >= 4 is 11.8 Å². The SMILES string of the molecule is CCC(CSC)N(C)CC1CNC1. The third-order valence-electron chi connectivity index (χ3n) is 2.87. The van der Waals surface area contributed by atoms with Crippen LogP contribution in [0.1, 0.15) is 13.3 Å². The molecule has 0 aromatic carbocycles. The van der Waals surface area contributed by atoms with E-state index in [9.17, 15) is 0 Å². The lowest BCUT2D eigenvalue weighted by molar-refractivity contribution is 0.183. The van der Waals surface area contributed by atoms with Gasteiger partial charge in [-0.25, -0.2) is 0 Å². The van der Waals surface area contributed by atoms with Crippen LogP contribution in [0.5, 0.6) is 0 Å². The van der Waals surface area contributed by atoms with Crippen LogP contribution < -0.4 is 5.32 Å². The number of rotatable bonds is 6. The van der Waals surface area contributed by atoms with Gasteiger partial charge in [-0.15, -0.1) is 0 Å². The van der Waals surface area contributed by atoms with Gasteiger partial charge >= 0.3 is 0 Å². The highest BCUT2D eigenvalue weighted by atomic mass is 32.2. The van der Waals surface area contributed by atoms with Crippen molar-refractivity contribution in [3.8, 4) is 0 Å². The van der Waals surface area contributed by atoms with Gasteiger partial charge in [0.05, 0.1) is 0 Å². The molecule has 1 saturated heterocycles. The summed E-state index contributed by atoms with van der Waals surface area (Å²) in [6.45, 7) is 6.00. The van der Waals surface area contributed by atoms with Crippen LogP contribution in [0.3, 0.4) is 0 Å². The van der Waals surface area contributed by atoms with Crippen molar-refractivity contribution in [2.45, 2.75) is 19.4 Å². The van der Waals surface area contributed by atoms with Crippen molar-refractivity contribution in [1.29, 1.82) is 0 Å². The lowest BCUT2D eigenvalue weighted by Crippen LogP contribution is -2.49. The van der Waals surface area contributed by atoms with Crippen molar-refractivity contribution < 1.29 is 0 Å². The molecule has 0 bridgehead atoms. The van der Waals surface area contributed by atoms with E-state index < -0.39 is 0 Å². The molecule has 1 fully saturated rings. The Bertz CT molecular complexity index is 137. The summed E-state index contributed by atoms with van der Waals surface area (Å²) in [5.74, 6) is 2.17. The number of nitrogens with zero attached hydrogens (tertiary/aromatic N) is 1. The van der Waals surface area contributed by atoms with Gasteiger partial charge in [0.1, 0.15) is 0 Å². The van der Waals surface area contributed by atoms with Crippen molar-refractivity contribution in [2.75, 3.05) is 38.7 Å². The quantitative estimate of drug-likeness (QED) is 0.698. The second-order valence-electron chi connectivity index (χ2n) is 3.98. The Morgan fingerprint density at radius 1 is 1.54 bits per heavy atom. The fraction of sp³-hybridized carbons (Fsp3) is 1.00. The zero-order chi connectivity index (χ0) is 9.68. The minimum absolute atomic E-state index is 0.774. The Morgan fingerprint density at radius 3 is 2.62 bits per heavy atom. The van der Waals surface area contributed by atoms with E-state index in [4.69, 9.17) is 0 Å². The second-order valence-corrected chi connectivity index (χ2v) is 4.89. The summed E-state index contributed by atoms with van der Waals surface area (Å²) in [4.78, 5) is 2.53. The van der Waals surface area contributed by atoms with E-state index in [-0.39, 0.29) is 0 Å². The van der Waals surface area contributed by atoms with Gasteiger partial charge in [0.15, 0.2) is 0 Å². The molecule has 0 spiro atoms. The molecule has 2 nitrogen and oxygen atoms in total.